The summed E-state index contributed by atoms with van der Waals surface area (Å²) in [7, 11) is -3.74. The fraction of sp³-hybridized carbons (Fsp3) is 0.0667. The van der Waals surface area contributed by atoms with E-state index >= 15 is 0 Å². The Kier molecular flexibility index (Phi) is 4.19. The molecule has 3 aromatic rings. The Morgan fingerprint density at radius 1 is 1.20 bits per heavy atom. The minimum absolute atomic E-state index is 0.0634. The number of anilines is 2. The molecule has 3 rings (SSSR count). The first kappa shape index (κ1) is 16.6. The summed E-state index contributed by atoms with van der Waals surface area (Å²) in [5.74, 6) is 0.579. The topological polar surface area (TPSA) is 120 Å². The molecule has 0 unspecified atom stereocenters. The fourth-order valence-corrected chi connectivity index (χ4v) is 3.13. The van der Waals surface area contributed by atoms with Gasteiger partial charge >= 0.3 is 5.69 Å². The van der Waals surface area contributed by atoms with Crippen LogP contribution in [0, 0.1) is 10.1 Å². The van der Waals surface area contributed by atoms with Crippen molar-refractivity contribution < 1.29 is 13.3 Å². The molecule has 0 spiro atoms. The molecule has 10 heteroatoms. The third-order valence-corrected chi connectivity index (χ3v) is 4.46. The van der Waals surface area contributed by atoms with Gasteiger partial charge in [0, 0.05) is 12.5 Å². The zero-order chi connectivity index (χ0) is 18.0. The highest BCUT2D eigenvalue weighted by molar-refractivity contribution is 7.90. The van der Waals surface area contributed by atoms with Crippen molar-refractivity contribution in [1.82, 2.24) is 14.8 Å². The van der Waals surface area contributed by atoms with Crippen LogP contribution >= 0.6 is 0 Å². The second kappa shape index (κ2) is 6.32. The van der Waals surface area contributed by atoms with Gasteiger partial charge in [-0.05, 0) is 24.3 Å². The second-order valence-electron chi connectivity index (χ2n) is 5.17. The molecule has 0 bridgehead atoms. The Balaban J connectivity index is 1.99. The van der Waals surface area contributed by atoms with Crippen LogP contribution in [0.2, 0.25) is 0 Å². The quantitative estimate of drug-likeness (QED) is 0.548. The number of hydrogen-bond acceptors (Lipinski definition) is 7. The van der Waals surface area contributed by atoms with Gasteiger partial charge in [-0.2, -0.15) is 5.10 Å². The van der Waals surface area contributed by atoms with E-state index in [1.807, 2.05) is 0 Å². The summed E-state index contributed by atoms with van der Waals surface area (Å²) >= 11 is 0. The molecular formula is C15H13N5O4S. The Morgan fingerprint density at radius 2 is 2.00 bits per heavy atom. The molecule has 0 amide bonds. The van der Waals surface area contributed by atoms with Gasteiger partial charge in [-0.3, -0.25) is 10.1 Å². The summed E-state index contributed by atoms with van der Waals surface area (Å²) in [6.07, 6.45) is 5.60. The first-order chi connectivity index (χ1) is 11.9. The maximum Gasteiger partial charge on any atom is 0.311 e. The third-order valence-electron chi connectivity index (χ3n) is 3.33. The number of benzene rings is 1. The lowest BCUT2D eigenvalue weighted by molar-refractivity contribution is -0.386. The molecule has 2 heterocycles. The molecule has 1 aromatic carbocycles. The number of nitro groups is 1. The highest BCUT2D eigenvalue weighted by atomic mass is 32.2. The van der Waals surface area contributed by atoms with E-state index in [4.69, 9.17) is 0 Å². The minimum Gasteiger partial charge on any atom is -0.347 e. The van der Waals surface area contributed by atoms with Crippen molar-refractivity contribution in [1.29, 1.82) is 0 Å². The number of sulfone groups is 1. The number of hydrogen-bond donors (Lipinski definition) is 1. The molecule has 0 saturated heterocycles. The largest absolute Gasteiger partial charge is 0.347 e. The van der Waals surface area contributed by atoms with Crippen LogP contribution in [0.1, 0.15) is 0 Å². The normalized spacial score (nSPS) is 11.2. The van der Waals surface area contributed by atoms with E-state index in [0.29, 0.717) is 11.5 Å². The Morgan fingerprint density at radius 3 is 2.64 bits per heavy atom. The van der Waals surface area contributed by atoms with Crippen LogP contribution in [0.4, 0.5) is 17.1 Å². The standard InChI is InChI=1S/C15H13N5O4S/c1-25(23,24)13-6-4-5-12(15(13)20(21)22)18-11-9-17-19(10-11)14-7-2-3-8-16-14/h2-10,18H,1H3. The van der Waals surface area contributed by atoms with Gasteiger partial charge in [0.2, 0.25) is 0 Å². The number of pyridine rings is 1. The van der Waals surface area contributed by atoms with E-state index in [0.717, 1.165) is 6.26 Å². The van der Waals surface area contributed by atoms with Crippen LogP contribution in [0.25, 0.3) is 5.82 Å². The zero-order valence-corrected chi connectivity index (χ0v) is 13.8. The first-order valence-corrected chi connectivity index (χ1v) is 8.96. The van der Waals surface area contributed by atoms with E-state index < -0.39 is 20.4 Å². The Labute approximate surface area is 143 Å². The van der Waals surface area contributed by atoms with Gasteiger partial charge in [0.05, 0.1) is 23.0 Å². The van der Waals surface area contributed by atoms with Crippen molar-refractivity contribution in [3.63, 3.8) is 0 Å². The minimum atomic E-state index is -3.74. The molecule has 0 aliphatic rings. The van der Waals surface area contributed by atoms with E-state index in [1.54, 1.807) is 30.6 Å². The maximum absolute atomic E-state index is 11.8. The number of nitrogens with zero attached hydrogens (tertiary/aromatic N) is 4. The molecule has 0 fully saturated rings. The van der Waals surface area contributed by atoms with Crippen LogP contribution in [0.15, 0.2) is 59.9 Å². The van der Waals surface area contributed by atoms with Crippen molar-refractivity contribution in [2.75, 3.05) is 11.6 Å². The number of nitrogens with one attached hydrogen (secondary N) is 1. The summed E-state index contributed by atoms with van der Waals surface area (Å²) in [5.41, 5.74) is 0.0171. The van der Waals surface area contributed by atoms with E-state index in [1.165, 1.54) is 29.1 Å². The number of rotatable bonds is 5. The third kappa shape index (κ3) is 3.48. The predicted molar refractivity (Wildman–Crippen MR) is 90.8 cm³/mol. The van der Waals surface area contributed by atoms with E-state index in [9.17, 15) is 18.5 Å². The van der Waals surface area contributed by atoms with Crippen molar-refractivity contribution in [2.24, 2.45) is 0 Å². The summed E-state index contributed by atoms with van der Waals surface area (Å²) in [4.78, 5) is 14.5. The maximum atomic E-state index is 11.8. The predicted octanol–water partition coefficient (Wildman–Crippen LogP) is 2.32. The van der Waals surface area contributed by atoms with Crippen LogP contribution in [-0.2, 0) is 9.84 Å². The second-order valence-corrected chi connectivity index (χ2v) is 7.15. The van der Waals surface area contributed by atoms with Crippen molar-refractivity contribution in [2.45, 2.75) is 4.90 Å². The van der Waals surface area contributed by atoms with Crippen molar-refractivity contribution in [3.05, 3.63) is 65.1 Å². The summed E-state index contributed by atoms with van der Waals surface area (Å²) < 4.78 is 25.1. The van der Waals surface area contributed by atoms with Gasteiger partial charge in [-0.1, -0.05) is 12.1 Å². The van der Waals surface area contributed by atoms with Gasteiger partial charge in [-0.25, -0.2) is 18.1 Å². The molecule has 2 aromatic heterocycles. The lowest BCUT2D eigenvalue weighted by Gasteiger charge is -2.07. The average Bonchev–Trinajstić information content (AvgIpc) is 3.03. The molecule has 0 aliphatic carbocycles. The highest BCUT2D eigenvalue weighted by Crippen LogP contribution is 2.33. The number of para-hydroxylation sites is 1. The molecule has 0 radical (unpaired) electrons. The molecule has 0 aliphatic heterocycles. The van der Waals surface area contributed by atoms with Gasteiger partial charge in [-0.15, -0.1) is 0 Å². The van der Waals surface area contributed by atoms with Gasteiger partial charge in [0.15, 0.2) is 15.7 Å². The lowest BCUT2D eigenvalue weighted by atomic mass is 10.2. The number of aromatic nitrogens is 3. The fourth-order valence-electron chi connectivity index (χ4n) is 2.27. The molecule has 0 saturated carbocycles. The van der Waals surface area contributed by atoms with Gasteiger partial charge in [0.1, 0.15) is 10.6 Å². The van der Waals surface area contributed by atoms with Crippen LogP contribution < -0.4 is 5.32 Å². The Hall–Kier alpha value is -3.27. The SMILES string of the molecule is CS(=O)(=O)c1cccc(Nc2cnn(-c3ccccn3)c2)c1[N+](=O)[O-]. The van der Waals surface area contributed by atoms with E-state index in [2.05, 4.69) is 15.4 Å². The summed E-state index contributed by atoms with van der Waals surface area (Å²) in [6.45, 7) is 0. The van der Waals surface area contributed by atoms with Gasteiger partial charge in [0.25, 0.3) is 0 Å². The zero-order valence-electron chi connectivity index (χ0n) is 13.0. The highest BCUT2D eigenvalue weighted by Gasteiger charge is 2.26. The van der Waals surface area contributed by atoms with Crippen LogP contribution in [-0.4, -0.2) is 34.4 Å². The van der Waals surface area contributed by atoms with Crippen molar-refractivity contribution in [3.8, 4) is 5.82 Å². The van der Waals surface area contributed by atoms with E-state index in [-0.39, 0.29) is 10.6 Å². The molecule has 0 atom stereocenters. The van der Waals surface area contributed by atoms with Crippen LogP contribution in [0.5, 0.6) is 0 Å². The van der Waals surface area contributed by atoms with Crippen LogP contribution in [0.3, 0.4) is 0 Å². The summed E-state index contributed by atoms with van der Waals surface area (Å²) in [6, 6.07) is 9.41. The Bertz CT molecular complexity index is 1030. The molecule has 25 heavy (non-hydrogen) atoms. The molecule has 9 nitrogen and oxygen atoms in total. The molecular weight excluding hydrogens is 346 g/mol. The summed E-state index contributed by atoms with van der Waals surface area (Å²) in [5, 5.41) is 18.3. The smallest absolute Gasteiger partial charge is 0.311 e. The molecule has 128 valence electrons. The first-order valence-electron chi connectivity index (χ1n) is 7.07. The van der Waals surface area contributed by atoms with Gasteiger partial charge < -0.3 is 5.32 Å². The monoisotopic (exact) mass is 359 g/mol. The lowest BCUT2D eigenvalue weighted by Crippen LogP contribution is -2.05. The molecule has 1 N–H and O–H groups in total. The number of nitro benzene ring substituents is 1. The van der Waals surface area contributed by atoms with Crippen molar-refractivity contribution >= 4 is 26.9 Å². The average molecular weight is 359 g/mol.